The van der Waals surface area contributed by atoms with Gasteiger partial charge in [0.25, 0.3) is 0 Å². The molecule has 0 saturated carbocycles. The normalized spacial score (nSPS) is 20.1. The lowest BCUT2D eigenvalue weighted by atomic mass is 10.2. The van der Waals surface area contributed by atoms with E-state index in [-0.39, 0.29) is 18.7 Å². The van der Waals surface area contributed by atoms with Gasteiger partial charge in [0, 0.05) is 12.6 Å². The van der Waals surface area contributed by atoms with Gasteiger partial charge in [-0.2, -0.15) is 0 Å². The molecule has 2 aromatic carbocycles. The van der Waals surface area contributed by atoms with Gasteiger partial charge in [-0.15, -0.1) is 0 Å². The van der Waals surface area contributed by atoms with Crippen molar-refractivity contribution in [1.82, 2.24) is 9.88 Å². The fourth-order valence-electron chi connectivity index (χ4n) is 3.14. The number of carbonyl (C=O) groups excluding carboxylic acids is 1. The first kappa shape index (κ1) is 15.7. The Morgan fingerprint density at radius 3 is 2.76 bits per heavy atom. The SMILES string of the molecule is NC1CC(c2nc3ccccc3o2)N(C(=O)OCc2ccccc2)C1. The number of hydrogen-bond acceptors (Lipinski definition) is 5. The molecular weight excluding hydrogens is 318 g/mol. The van der Waals surface area contributed by atoms with Gasteiger partial charge in [0.1, 0.15) is 18.2 Å². The van der Waals surface area contributed by atoms with E-state index in [0.29, 0.717) is 24.4 Å². The average Bonchev–Trinajstić information content (AvgIpc) is 3.23. The molecule has 6 nitrogen and oxygen atoms in total. The highest BCUT2D eigenvalue weighted by Crippen LogP contribution is 2.33. The first-order chi connectivity index (χ1) is 12.2. The molecule has 2 atom stereocenters. The van der Waals surface area contributed by atoms with Crippen molar-refractivity contribution in [3.05, 3.63) is 66.1 Å². The molecule has 1 saturated heterocycles. The summed E-state index contributed by atoms with van der Waals surface area (Å²) in [5.41, 5.74) is 8.49. The minimum absolute atomic E-state index is 0.121. The van der Waals surface area contributed by atoms with Crippen molar-refractivity contribution in [2.75, 3.05) is 6.54 Å². The number of rotatable bonds is 3. The van der Waals surface area contributed by atoms with Crippen molar-refractivity contribution in [3.63, 3.8) is 0 Å². The molecule has 128 valence electrons. The highest BCUT2D eigenvalue weighted by atomic mass is 16.6. The lowest BCUT2D eigenvalue weighted by Gasteiger charge is -2.21. The average molecular weight is 337 g/mol. The van der Waals surface area contributed by atoms with E-state index in [9.17, 15) is 4.79 Å². The lowest BCUT2D eigenvalue weighted by molar-refractivity contribution is 0.0878. The summed E-state index contributed by atoms with van der Waals surface area (Å²) in [6.45, 7) is 0.655. The fourth-order valence-corrected chi connectivity index (χ4v) is 3.14. The van der Waals surface area contributed by atoms with Crippen LogP contribution in [0.3, 0.4) is 0 Å². The largest absolute Gasteiger partial charge is 0.445 e. The molecule has 2 unspecified atom stereocenters. The topological polar surface area (TPSA) is 81.6 Å². The first-order valence-electron chi connectivity index (χ1n) is 8.29. The van der Waals surface area contributed by atoms with E-state index < -0.39 is 6.09 Å². The van der Waals surface area contributed by atoms with Gasteiger partial charge in [0.15, 0.2) is 5.58 Å². The number of benzene rings is 2. The Balaban J connectivity index is 1.51. The van der Waals surface area contributed by atoms with Crippen LogP contribution in [0.25, 0.3) is 11.1 Å². The molecule has 1 amide bonds. The maximum Gasteiger partial charge on any atom is 0.410 e. The predicted octanol–water partition coefficient (Wildman–Crippen LogP) is 3.24. The number of aromatic nitrogens is 1. The van der Waals surface area contributed by atoms with Crippen LogP contribution >= 0.6 is 0 Å². The van der Waals surface area contributed by atoms with Gasteiger partial charge in [-0.1, -0.05) is 42.5 Å². The Bertz CT molecular complexity index is 845. The Kier molecular flexibility index (Phi) is 4.11. The molecule has 0 radical (unpaired) electrons. The number of nitrogens with two attached hydrogens (primary N) is 1. The predicted molar refractivity (Wildman–Crippen MR) is 92.7 cm³/mol. The lowest BCUT2D eigenvalue weighted by Crippen LogP contribution is -2.33. The number of fused-ring (bicyclic) bond motifs is 1. The number of oxazole rings is 1. The van der Waals surface area contributed by atoms with Gasteiger partial charge in [-0.05, 0) is 24.1 Å². The number of nitrogens with zero attached hydrogens (tertiary/aromatic N) is 2. The molecule has 0 spiro atoms. The van der Waals surface area contributed by atoms with Gasteiger partial charge < -0.3 is 14.9 Å². The summed E-state index contributed by atoms with van der Waals surface area (Å²) < 4.78 is 11.3. The van der Waals surface area contributed by atoms with Gasteiger partial charge in [-0.25, -0.2) is 9.78 Å². The van der Waals surface area contributed by atoms with Crippen LogP contribution in [0.5, 0.6) is 0 Å². The van der Waals surface area contributed by atoms with Gasteiger partial charge in [0.2, 0.25) is 5.89 Å². The minimum Gasteiger partial charge on any atom is -0.445 e. The zero-order valence-electron chi connectivity index (χ0n) is 13.7. The van der Waals surface area contributed by atoms with E-state index in [1.54, 1.807) is 4.90 Å². The van der Waals surface area contributed by atoms with E-state index in [2.05, 4.69) is 4.98 Å². The Morgan fingerprint density at radius 1 is 1.20 bits per heavy atom. The molecule has 2 N–H and O–H groups in total. The minimum atomic E-state index is -0.399. The van der Waals surface area contributed by atoms with Crippen molar-refractivity contribution < 1.29 is 13.9 Å². The number of likely N-dealkylation sites (tertiary alicyclic amines) is 1. The van der Waals surface area contributed by atoms with Crippen LogP contribution in [0, 0.1) is 0 Å². The molecular formula is C19H19N3O3. The second-order valence-corrected chi connectivity index (χ2v) is 6.22. The van der Waals surface area contributed by atoms with E-state index >= 15 is 0 Å². The first-order valence-corrected chi connectivity index (χ1v) is 8.29. The van der Waals surface area contributed by atoms with E-state index in [1.165, 1.54) is 0 Å². The van der Waals surface area contributed by atoms with Crippen molar-refractivity contribution in [2.24, 2.45) is 5.73 Å². The summed E-state index contributed by atoms with van der Waals surface area (Å²) in [5.74, 6) is 0.505. The highest BCUT2D eigenvalue weighted by Gasteiger charge is 2.38. The molecule has 2 heterocycles. The maximum absolute atomic E-state index is 12.5. The van der Waals surface area contributed by atoms with E-state index in [1.807, 2.05) is 54.6 Å². The summed E-state index contributed by atoms with van der Waals surface area (Å²) >= 11 is 0. The van der Waals surface area contributed by atoms with E-state index in [4.69, 9.17) is 14.9 Å². The summed E-state index contributed by atoms with van der Waals surface area (Å²) in [6.07, 6.45) is 0.205. The highest BCUT2D eigenvalue weighted by molar-refractivity contribution is 5.73. The molecule has 1 aliphatic rings. The third kappa shape index (κ3) is 3.21. The number of carbonyl (C=O) groups is 1. The van der Waals surface area contributed by atoms with Crippen LogP contribution in [-0.4, -0.2) is 28.6 Å². The number of para-hydroxylation sites is 2. The number of amides is 1. The smallest absolute Gasteiger partial charge is 0.410 e. The zero-order chi connectivity index (χ0) is 17.2. The molecule has 6 heteroatoms. The van der Waals surface area contributed by atoms with Gasteiger partial charge in [-0.3, -0.25) is 4.90 Å². The quantitative estimate of drug-likeness (QED) is 0.793. The van der Waals surface area contributed by atoms with Crippen LogP contribution in [0.4, 0.5) is 4.79 Å². The standard InChI is InChI=1S/C19H19N3O3/c20-14-10-16(18-21-15-8-4-5-9-17(15)25-18)22(11-14)19(23)24-12-13-6-2-1-3-7-13/h1-9,14,16H,10-12,20H2. The zero-order valence-corrected chi connectivity index (χ0v) is 13.7. The monoisotopic (exact) mass is 337 g/mol. The number of ether oxygens (including phenoxy) is 1. The maximum atomic E-state index is 12.5. The summed E-state index contributed by atoms with van der Waals surface area (Å²) in [4.78, 5) is 18.7. The van der Waals surface area contributed by atoms with Crippen LogP contribution in [0.2, 0.25) is 0 Å². The Hall–Kier alpha value is -2.86. The molecule has 1 fully saturated rings. The van der Waals surface area contributed by atoms with Gasteiger partial charge in [0.05, 0.1) is 0 Å². The summed E-state index contributed by atoms with van der Waals surface area (Å²) in [6, 6.07) is 16.7. The molecule has 25 heavy (non-hydrogen) atoms. The Labute approximate surface area is 145 Å². The van der Waals surface area contributed by atoms with Crippen LogP contribution in [0.15, 0.2) is 59.0 Å². The third-order valence-corrected chi connectivity index (χ3v) is 4.37. The number of hydrogen-bond donors (Lipinski definition) is 1. The molecule has 1 aliphatic heterocycles. The van der Waals surface area contributed by atoms with E-state index in [0.717, 1.165) is 11.1 Å². The molecule has 1 aromatic heterocycles. The summed E-state index contributed by atoms with van der Waals surface area (Å²) in [7, 11) is 0. The molecule has 0 aliphatic carbocycles. The van der Waals surface area contributed by atoms with Crippen LogP contribution in [-0.2, 0) is 11.3 Å². The third-order valence-electron chi connectivity index (χ3n) is 4.37. The Morgan fingerprint density at radius 2 is 1.96 bits per heavy atom. The summed E-state index contributed by atoms with van der Waals surface area (Å²) in [5, 5.41) is 0. The molecule has 3 aromatic rings. The second-order valence-electron chi connectivity index (χ2n) is 6.22. The van der Waals surface area contributed by atoms with Crippen molar-refractivity contribution >= 4 is 17.2 Å². The second kappa shape index (κ2) is 6.57. The van der Waals surface area contributed by atoms with Crippen molar-refractivity contribution in [2.45, 2.75) is 25.1 Å². The fraction of sp³-hybridized carbons (Fsp3) is 0.263. The van der Waals surface area contributed by atoms with Gasteiger partial charge >= 0.3 is 6.09 Å². The van der Waals surface area contributed by atoms with Crippen LogP contribution in [0.1, 0.15) is 23.9 Å². The molecule has 0 bridgehead atoms. The molecule has 4 rings (SSSR count). The van der Waals surface area contributed by atoms with Crippen LogP contribution < -0.4 is 5.73 Å². The van der Waals surface area contributed by atoms with Crippen molar-refractivity contribution in [1.29, 1.82) is 0 Å². The van der Waals surface area contributed by atoms with Crippen molar-refractivity contribution in [3.8, 4) is 0 Å².